The molecule has 2 rings (SSSR count). The Labute approximate surface area is 167 Å². The predicted octanol–water partition coefficient (Wildman–Crippen LogP) is 3.63. The molecule has 1 N–H and O–H groups in total. The number of ether oxygens (including phenoxy) is 2. The van der Waals surface area contributed by atoms with E-state index < -0.39 is 29.1 Å². The number of carbonyl (C=O) groups excluding carboxylic acids is 2. The Kier molecular flexibility index (Phi) is 5.71. The van der Waals surface area contributed by atoms with Crippen LogP contribution in [0.5, 0.6) is 0 Å². The normalized spacial score (nSPS) is 17.1. The van der Waals surface area contributed by atoms with Gasteiger partial charge in [0.25, 0.3) is 0 Å². The number of halogens is 2. The molecule has 0 aliphatic carbocycles. The third-order valence-electron chi connectivity index (χ3n) is 3.59. The number of aromatic nitrogens is 1. The second-order valence-electron chi connectivity index (χ2n) is 8.63. The highest BCUT2D eigenvalue weighted by atomic mass is 35.5. The zero-order valence-corrected chi connectivity index (χ0v) is 17.5. The van der Waals surface area contributed by atoms with E-state index in [4.69, 9.17) is 21.1 Å². The lowest BCUT2D eigenvalue weighted by molar-refractivity contribution is -0.0638. The molecule has 1 aliphatic heterocycles. The number of hydrogen-bond donors (Lipinski definition) is 1. The lowest BCUT2D eigenvalue weighted by Crippen LogP contribution is -2.60. The molecule has 156 valence electrons. The van der Waals surface area contributed by atoms with Gasteiger partial charge in [-0.1, -0.05) is 11.6 Å². The number of pyridine rings is 1. The molecule has 2 amide bonds. The van der Waals surface area contributed by atoms with Gasteiger partial charge in [-0.2, -0.15) is 9.72 Å². The van der Waals surface area contributed by atoms with Crippen molar-refractivity contribution < 1.29 is 28.7 Å². The first kappa shape index (κ1) is 22.0. The van der Waals surface area contributed by atoms with Crippen LogP contribution in [0.2, 0.25) is 5.15 Å². The molecule has 8 nitrogen and oxygen atoms in total. The average molecular weight is 418 g/mol. The number of amides is 2. The van der Waals surface area contributed by atoms with Crippen LogP contribution in [0, 0.1) is 0 Å². The van der Waals surface area contributed by atoms with Crippen LogP contribution in [-0.4, -0.2) is 51.3 Å². The van der Waals surface area contributed by atoms with Crippen molar-refractivity contribution in [2.75, 3.05) is 13.1 Å². The van der Waals surface area contributed by atoms with Gasteiger partial charge in [0, 0.05) is 6.07 Å². The Bertz CT molecular complexity index is 848. The van der Waals surface area contributed by atoms with Crippen molar-refractivity contribution in [3.8, 4) is 0 Å². The predicted molar refractivity (Wildman–Crippen MR) is 99.0 cm³/mol. The van der Waals surface area contributed by atoms with Gasteiger partial charge in [-0.05, 0) is 47.6 Å². The Balaban J connectivity index is 2.26. The van der Waals surface area contributed by atoms with Gasteiger partial charge in [0.15, 0.2) is 5.67 Å². The van der Waals surface area contributed by atoms with Gasteiger partial charge >= 0.3 is 12.2 Å². The van der Waals surface area contributed by atoms with E-state index in [1.807, 2.05) is 0 Å². The van der Waals surface area contributed by atoms with Crippen molar-refractivity contribution in [1.29, 1.82) is 0 Å². The maximum Gasteiger partial charge on any atom is 0.434 e. The van der Waals surface area contributed by atoms with E-state index in [9.17, 15) is 14.8 Å². The molecule has 2 heterocycles. The van der Waals surface area contributed by atoms with Gasteiger partial charge in [0.1, 0.15) is 22.0 Å². The van der Waals surface area contributed by atoms with E-state index >= 15 is 4.39 Å². The van der Waals surface area contributed by atoms with E-state index in [1.54, 1.807) is 41.5 Å². The van der Waals surface area contributed by atoms with Gasteiger partial charge in [0.05, 0.1) is 18.4 Å². The van der Waals surface area contributed by atoms with Crippen molar-refractivity contribution in [3.05, 3.63) is 28.3 Å². The molecule has 1 saturated heterocycles. The molecular formula is C18H25ClFN3O5. The van der Waals surface area contributed by atoms with Gasteiger partial charge in [-0.3, -0.25) is 0 Å². The van der Waals surface area contributed by atoms with Crippen LogP contribution >= 0.6 is 11.6 Å². The Morgan fingerprint density at radius 2 is 1.68 bits per heavy atom. The Morgan fingerprint density at radius 1 is 1.14 bits per heavy atom. The molecule has 1 fully saturated rings. The molecule has 10 heteroatoms. The molecule has 0 unspecified atom stereocenters. The largest absolute Gasteiger partial charge is 0.444 e. The van der Waals surface area contributed by atoms with Gasteiger partial charge in [0.2, 0.25) is 0 Å². The fourth-order valence-electron chi connectivity index (χ4n) is 2.49. The first-order valence-electron chi connectivity index (χ1n) is 8.67. The highest BCUT2D eigenvalue weighted by molar-refractivity contribution is 6.29. The lowest BCUT2D eigenvalue weighted by atomic mass is 9.92. The summed E-state index contributed by atoms with van der Waals surface area (Å²) in [6.07, 6.45) is -1.53. The minimum atomic E-state index is -2.07. The molecule has 0 atom stereocenters. The number of likely N-dealkylation sites (tertiary alicyclic amines) is 1. The van der Waals surface area contributed by atoms with Crippen LogP contribution in [0.3, 0.4) is 0 Å². The topological polar surface area (TPSA) is 93.4 Å². The monoisotopic (exact) mass is 417 g/mol. The van der Waals surface area contributed by atoms with Crippen LogP contribution in [0.25, 0.3) is 0 Å². The fourth-order valence-corrected chi connectivity index (χ4v) is 2.69. The molecule has 1 aromatic heterocycles. The van der Waals surface area contributed by atoms with Crippen LogP contribution in [0.15, 0.2) is 17.1 Å². The smallest absolute Gasteiger partial charge is 0.434 e. The number of alkyl halides is 1. The second-order valence-corrected chi connectivity index (χ2v) is 9.01. The summed E-state index contributed by atoms with van der Waals surface area (Å²) in [4.78, 5) is 28.8. The van der Waals surface area contributed by atoms with E-state index in [0.717, 1.165) is 4.90 Å². The molecular weight excluding hydrogens is 393 g/mol. The van der Waals surface area contributed by atoms with Crippen LogP contribution < -0.4 is 5.36 Å². The summed E-state index contributed by atoms with van der Waals surface area (Å²) in [5.41, 5.74) is -3.77. The quantitative estimate of drug-likeness (QED) is 0.556. The minimum Gasteiger partial charge on any atom is -0.444 e. The molecule has 0 aromatic carbocycles. The highest BCUT2D eigenvalue weighted by Crippen LogP contribution is 2.36. The number of carbonyl (C=O) groups is 2. The fraction of sp³-hybridized carbons (Fsp3) is 0.611. The molecule has 1 aliphatic rings. The zero-order chi connectivity index (χ0) is 21.5. The van der Waals surface area contributed by atoms with Crippen molar-refractivity contribution in [3.63, 3.8) is 0 Å². The summed E-state index contributed by atoms with van der Waals surface area (Å²) in [5, 5.41) is 9.88. The summed E-state index contributed by atoms with van der Waals surface area (Å²) < 4.78 is 26.0. The summed E-state index contributed by atoms with van der Waals surface area (Å²) >= 11 is 5.94. The summed E-state index contributed by atoms with van der Waals surface area (Å²) in [7, 11) is 0. The molecule has 0 saturated carbocycles. The Morgan fingerprint density at radius 3 is 2.18 bits per heavy atom. The number of rotatable bonds is 1. The van der Waals surface area contributed by atoms with Gasteiger partial charge < -0.3 is 19.6 Å². The molecule has 1 aromatic rings. The molecule has 0 bridgehead atoms. The van der Waals surface area contributed by atoms with Crippen molar-refractivity contribution >= 4 is 23.8 Å². The maximum absolute atomic E-state index is 15.3. The average Bonchev–Trinajstić information content (AvgIpc) is 2.43. The summed E-state index contributed by atoms with van der Waals surface area (Å²) in [6.45, 7) is 9.48. The van der Waals surface area contributed by atoms with Crippen molar-refractivity contribution in [2.45, 2.75) is 58.4 Å². The highest BCUT2D eigenvalue weighted by Gasteiger charge is 2.50. The minimum absolute atomic E-state index is 0.0206. The molecule has 0 spiro atoms. The Hall–Kier alpha value is -2.29. The molecule has 0 radical (unpaired) electrons. The summed E-state index contributed by atoms with van der Waals surface area (Å²) in [5.74, 6) is 0. The van der Waals surface area contributed by atoms with Gasteiger partial charge in [-0.15, -0.1) is 0 Å². The van der Waals surface area contributed by atoms with Crippen LogP contribution in [0.1, 0.15) is 47.2 Å². The summed E-state index contributed by atoms with van der Waals surface area (Å²) in [6, 6.07) is 2.38. The first-order valence-corrected chi connectivity index (χ1v) is 9.04. The second kappa shape index (κ2) is 7.27. The zero-order valence-electron chi connectivity index (χ0n) is 16.7. The number of hydrogen-bond acceptors (Lipinski definition) is 5. The van der Waals surface area contributed by atoms with E-state index in [0.29, 0.717) is 4.73 Å². The third-order valence-corrected chi connectivity index (χ3v) is 3.86. The van der Waals surface area contributed by atoms with Crippen LogP contribution in [-0.2, 0) is 15.1 Å². The maximum atomic E-state index is 15.3. The van der Waals surface area contributed by atoms with Gasteiger partial charge in [-0.25, -0.2) is 14.0 Å². The van der Waals surface area contributed by atoms with E-state index in [-0.39, 0.29) is 29.3 Å². The molecule has 28 heavy (non-hydrogen) atoms. The van der Waals surface area contributed by atoms with Crippen molar-refractivity contribution in [2.24, 2.45) is 4.99 Å². The first-order chi connectivity index (χ1) is 12.6. The van der Waals surface area contributed by atoms with E-state index in [2.05, 4.69) is 4.99 Å². The third kappa shape index (κ3) is 5.37. The number of nitrogens with zero attached hydrogens (tertiary/aromatic N) is 3. The van der Waals surface area contributed by atoms with Crippen molar-refractivity contribution in [1.82, 2.24) is 9.63 Å². The van der Waals surface area contributed by atoms with Crippen LogP contribution in [0.4, 0.5) is 14.0 Å². The SMILES string of the molecule is CC(C)(C)OC(=O)/N=c1/cc(Cl)n(O)c(C2(F)CN(C(=O)OC(C)(C)C)C2)c1. The van der Waals surface area contributed by atoms with E-state index in [1.165, 1.54) is 12.1 Å². The standard InChI is InChI=1S/C18H25ClFN3O5/c1-16(2,3)27-14(24)21-11-7-12(23(26)13(19)8-11)18(20)9-22(10-18)15(25)28-17(4,5)6/h7-8,26H,9-10H2,1-6H3/b21-11+. The lowest BCUT2D eigenvalue weighted by Gasteiger charge is -2.44.